The van der Waals surface area contributed by atoms with E-state index >= 15 is 0 Å². The zero-order valence-corrected chi connectivity index (χ0v) is 9.11. The van der Waals surface area contributed by atoms with Gasteiger partial charge in [0.05, 0.1) is 6.61 Å². The predicted molar refractivity (Wildman–Crippen MR) is 60.1 cm³/mol. The number of carbonyl (C=O) groups is 1. The summed E-state index contributed by atoms with van der Waals surface area (Å²) in [6, 6.07) is 9.62. The van der Waals surface area contributed by atoms with E-state index in [2.05, 4.69) is 10.0 Å². The van der Waals surface area contributed by atoms with E-state index in [-0.39, 0.29) is 17.8 Å². The molecule has 1 heterocycles. The van der Waals surface area contributed by atoms with E-state index in [4.69, 9.17) is 10.3 Å². The average molecular weight is 229 g/mol. The lowest BCUT2D eigenvalue weighted by atomic mass is 9.93. The highest BCUT2D eigenvalue weighted by molar-refractivity contribution is 5.91. The Labute approximate surface area is 98.0 Å². The second kappa shape index (κ2) is 3.50. The molecule has 1 aliphatic carbocycles. The number of esters is 1. The average Bonchev–Trinajstić information content (AvgIpc) is 2.90. The van der Waals surface area contributed by atoms with Crippen LogP contribution >= 0.6 is 0 Å². The number of fused-ring (bicyclic) bond motifs is 1. The van der Waals surface area contributed by atoms with Crippen molar-refractivity contribution in [2.75, 3.05) is 13.2 Å². The van der Waals surface area contributed by atoms with Gasteiger partial charge in [0.1, 0.15) is 5.41 Å². The van der Waals surface area contributed by atoms with Crippen molar-refractivity contribution < 1.29 is 9.53 Å². The fourth-order valence-electron chi connectivity index (χ4n) is 3.03. The molecule has 86 valence electrons. The first-order valence-corrected chi connectivity index (χ1v) is 5.55. The number of rotatable bonds is 3. The van der Waals surface area contributed by atoms with Gasteiger partial charge in [-0.25, -0.2) is 0 Å². The normalized spacial score (nSPS) is 33.5. The van der Waals surface area contributed by atoms with Crippen molar-refractivity contribution in [3.63, 3.8) is 0 Å². The monoisotopic (exact) mass is 229 g/mol. The molecule has 2 aliphatic rings. The molecular weight excluding hydrogens is 218 g/mol. The van der Waals surface area contributed by atoms with Gasteiger partial charge in [0, 0.05) is 17.4 Å². The first-order chi connectivity index (χ1) is 8.31. The van der Waals surface area contributed by atoms with Crippen LogP contribution in [-0.2, 0) is 14.9 Å². The van der Waals surface area contributed by atoms with Crippen molar-refractivity contribution in [1.29, 1.82) is 0 Å². The molecule has 0 unspecified atom stereocenters. The Morgan fingerprint density at radius 2 is 2.24 bits per heavy atom. The van der Waals surface area contributed by atoms with Gasteiger partial charge in [-0.2, -0.15) is 0 Å². The summed E-state index contributed by atoms with van der Waals surface area (Å²) in [4.78, 5) is 14.7. The maximum Gasteiger partial charge on any atom is 0.317 e. The van der Waals surface area contributed by atoms with Gasteiger partial charge in [0.25, 0.3) is 0 Å². The van der Waals surface area contributed by atoms with E-state index in [0.29, 0.717) is 13.2 Å². The smallest absolute Gasteiger partial charge is 0.317 e. The summed E-state index contributed by atoms with van der Waals surface area (Å²) in [5.41, 5.74) is 8.80. The van der Waals surface area contributed by atoms with Crippen LogP contribution in [0, 0.1) is 11.8 Å². The lowest BCUT2D eigenvalue weighted by Gasteiger charge is -2.12. The van der Waals surface area contributed by atoms with Crippen LogP contribution < -0.4 is 0 Å². The largest absolute Gasteiger partial charge is 0.465 e. The molecule has 1 saturated carbocycles. The molecule has 0 bridgehead atoms. The highest BCUT2D eigenvalue weighted by Crippen LogP contribution is 2.64. The van der Waals surface area contributed by atoms with Gasteiger partial charge in [0.15, 0.2) is 0 Å². The maximum absolute atomic E-state index is 12.0. The van der Waals surface area contributed by atoms with E-state index in [1.54, 1.807) is 0 Å². The Hall–Kier alpha value is -2.00. The van der Waals surface area contributed by atoms with E-state index in [1.165, 1.54) is 0 Å². The van der Waals surface area contributed by atoms with E-state index in [1.807, 2.05) is 30.3 Å². The second-order valence-electron chi connectivity index (χ2n) is 4.46. The van der Waals surface area contributed by atoms with Crippen LogP contribution in [-0.4, -0.2) is 19.1 Å². The summed E-state index contributed by atoms with van der Waals surface area (Å²) in [7, 11) is 0. The van der Waals surface area contributed by atoms with Gasteiger partial charge in [0.2, 0.25) is 0 Å². The van der Waals surface area contributed by atoms with E-state index < -0.39 is 5.41 Å². The number of ether oxygens (including phenoxy) is 1. The van der Waals surface area contributed by atoms with Crippen LogP contribution in [0.4, 0.5) is 0 Å². The van der Waals surface area contributed by atoms with E-state index in [0.717, 1.165) is 5.56 Å². The van der Waals surface area contributed by atoms with Gasteiger partial charge < -0.3 is 4.74 Å². The summed E-state index contributed by atoms with van der Waals surface area (Å²) >= 11 is 0. The third-order valence-corrected chi connectivity index (χ3v) is 3.87. The fraction of sp³-hybridized carbons (Fsp3) is 0.417. The summed E-state index contributed by atoms with van der Waals surface area (Å²) in [6.45, 7) is 0.810. The van der Waals surface area contributed by atoms with Crippen LogP contribution in [0.2, 0.25) is 0 Å². The quantitative estimate of drug-likeness (QED) is 0.344. The molecule has 0 aromatic heterocycles. The van der Waals surface area contributed by atoms with Gasteiger partial charge in [-0.05, 0) is 17.0 Å². The van der Waals surface area contributed by atoms with Crippen LogP contribution in [0.3, 0.4) is 0 Å². The topological polar surface area (TPSA) is 75.1 Å². The maximum atomic E-state index is 12.0. The number of benzene rings is 1. The molecule has 17 heavy (non-hydrogen) atoms. The highest BCUT2D eigenvalue weighted by atomic mass is 16.5. The Balaban J connectivity index is 1.98. The molecule has 1 aliphatic heterocycles. The minimum atomic E-state index is -0.546. The van der Waals surface area contributed by atoms with E-state index in [9.17, 15) is 4.79 Å². The Morgan fingerprint density at radius 3 is 2.94 bits per heavy atom. The summed E-state index contributed by atoms with van der Waals surface area (Å²) in [5.74, 6) is 0.0942. The first-order valence-electron chi connectivity index (χ1n) is 5.55. The van der Waals surface area contributed by atoms with Crippen molar-refractivity contribution in [3.8, 4) is 0 Å². The minimum Gasteiger partial charge on any atom is -0.465 e. The molecule has 1 aromatic carbocycles. The third-order valence-electron chi connectivity index (χ3n) is 3.87. The van der Waals surface area contributed by atoms with Crippen molar-refractivity contribution in [1.82, 2.24) is 0 Å². The minimum absolute atomic E-state index is 0.0991. The Kier molecular flexibility index (Phi) is 2.09. The molecule has 0 radical (unpaired) electrons. The molecule has 2 fully saturated rings. The number of nitrogens with zero attached hydrogens (tertiary/aromatic N) is 3. The summed E-state index contributed by atoms with van der Waals surface area (Å²) in [6.07, 6.45) is 0. The SMILES string of the molecule is [N-]=[N+]=NC[C@@H]1[C@H]2COC(=O)[C@@]12c1ccccc1. The highest BCUT2D eigenvalue weighted by Gasteiger charge is 2.74. The zero-order valence-electron chi connectivity index (χ0n) is 9.11. The Morgan fingerprint density at radius 1 is 1.47 bits per heavy atom. The number of hydrogen-bond donors (Lipinski definition) is 0. The number of hydrogen-bond acceptors (Lipinski definition) is 3. The van der Waals surface area contributed by atoms with Gasteiger partial charge in [-0.1, -0.05) is 35.4 Å². The summed E-state index contributed by atoms with van der Waals surface area (Å²) < 4.78 is 5.11. The zero-order chi connectivity index (χ0) is 11.9. The lowest BCUT2D eigenvalue weighted by Crippen LogP contribution is -2.23. The lowest BCUT2D eigenvalue weighted by molar-refractivity contribution is -0.143. The molecule has 0 spiro atoms. The molecule has 1 saturated heterocycles. The van der Waals surface area contributed by atoms with Crippen LogP contribution in [0.5, 0.6) is 0 Å². The van der Waals surface area contributed by atoms with Crippen molar-refractivity contribution in [2.45, 2.75) is 5.41 Å². The van der Waals surface area contributed by atoms with Crippen LogP contribution in [0.1, 0.15) is 5.56 Å². The Bertz CT molecular complexity index is 510. The van der Waals surface area contributed by atoms with Gasteiger partial charge >= 0.3 is 5.97 Å². The number of cyclic esters (lactones) is 1. The molecule has 5 heteroatoms. The van der Waals surface area contributed by atoms with Crippen molar-refractivity contribution >= 4 is 5.97 Å². The molecule has 0 N–H and O–H groups in total. The molecule has 3 rings (SSSR count). The molecular formula is C12H11N3O2. The van der Waals surface area contributed by atoms with Crippen LogP contribution in [0.25, 0.3) is 10.4 Å². The molecule has 3 atom stereocenters. The van der Waals surface area contributed by atoms with Crippen LogP contribution in [0.15, 0.2) is 35.4 Å². The molecule has 0 amide bonds. The van der Waals surface area contributed by atoms with Crippen molar-refractivity contribution in [2.24, 2.45) is 17.0 Å². The molecule has 5 nitrogen and oxygen atoms in total. The third kappa shape index (κ3) is 1.20. The van der Waals surface area contributed by atoms with Gasteiger partial charge in [-0.15, -0.1) is 0 Å². The van der Waals surface area contributed by atoms with Crippen molar-refractivity contribution in [3.05, 3.63) is 46.3 Å². The fourth-order valence-corrected chi connectivity index (χ4v) is 3.03. The number of carbonyl (C=O) groups excluding carboxylic acids is 1. The second-order valence-corrected chi connectivity index (χ2v) is 4.46. The predicted octanol–water partition coefficient (Wildman–Crippen LogP) is 2.04. The first kappa shape index (κ1) is 10.2. The summed E-state index contributed by atoms with van der Waals surface area (Å²) in [5, 5.41) is 3.59. The van der Waals surface area contributed by atoms with Gasteiger partial charge in [-0.3, -0.25) is 4.79 Å². The number of azide groups is 1. The molecule has 1 aromatic rings. The standard InChI is InChI=1S/C12H11N3O2/c13-15-14-6-9-10-7-17-11(16)12(9,10)8-4-2-1-3-5-8/h1-5,9-10H,6-7H2/t9-,10-,12+/m1/s1.